The number of hydrogen-bond donors (Lipinski definition) is 1. The summed E-state index contributed by atoms with van der Waals surface area (Å²) in [5.41, 5.74) is 1.03. The fraction of sp³-hybridized carbons (Fsp3) is 0.600. The number of aromatic nitrogens is 2. The molecule has 0 amide bonds. The molecule has 3 nitrogen and oxygen atoms in total. The molecule has 72 valence electrons. The van der Waals surface area contributed by atoms with Crippen LogP contribution >= 0.6 is 0 Å². The zero-order valence-corrected chi connectivity index (χ0v) is 8.76. The Morgan fingerprint density at radius 1 is 1.31 bits per heavy atom. The maximum absolute atomic E-state index is 4.32. The van der Waals surface area contributed by atoms with Crippen LogP contribution in [0.2, 0.25) is 0 Å². The SMILES string of the molecule is CCC(C)(C)c1ncc(NC)cn1. The molecule has 0 aromatic carbocycles. The summed E-state index contributed by atoms with van der Waals surface area (Å²) >= 11 is 0. The second kappa shape index (κ2) is 3.73. The first-order valence-electron chi connectivity index (χ1n) is 4.60. The van der Waals surface area contributed by atoms with Crippen molar-refractivity contribution in [3.8, 4) is 0 Å². The number of rotatable bonds is 3. The molecular formula is C10H17N3. The summed E-state index contributed by atoms with van der Waals surface area (Å²) in [6.45, 7) is 6.46. The number of hydrogen-bond acceptors (Lipinski definition) is 3. The van der Waals surface area contributed by atoms with Gasteiger partial charge in [0.15, 0.2) is 0 Å². The molecule has 0 radical (unpaired) electrons. The van der Waals surface area contributed by atoms with E-state index in [0.29, 0.717) is 0 Å². The summed E-state index contributed by atoms with van der Waals surface area (Å²) in [6.07, 6.45) is 4.69. The summed E-state index contributed by atoms with van der Waals surface area (Å²) in [5, 5.41) is 3.00. The van der Waals surface area contributed by atoms with Crippen molar-refractivity contribution in [2.45, 2.75) is 32.6 Å². The van der Waals surface area contributed by atoms with Crippen LogP contribution in [0.1, 0.15) is 33.0 Å². The molecule has 1 aromatic heterocycles. The topological polar surface area (TPSA) is 37.8 Å². The van der Waals surface area contributed by atoms with Crippen molar-refractivity contribution in [2.24, 2.45) is 0 Å². The Kier molecular flexibility index (Phi) is 2.86. The summed E-state index contributed by atoms with van der Waals surface area (Å²) in [6, 6.07) is 0. The molecule has 0 unspecified atom stereocenters. The molecule has 0 aliphatic carbocycles. The second-order valence-corrected chi connectivity index (χ2v) is 3.78. The van der Waals surface area contributed by atoms with E-state index in [-0.39, 0.29) is 5.41 Å². The Morgan fingerprint density at radius 2 is 1.85 bits per heavy atom. The van der Waals surface area contributed by atoms with Crippen LogP contribution in [0.3, 0.4) is 0 Å². The molecule has 0 aliphatic heterocycles. The molecule has 1 rings (SSSR count). The van der Waals surface area contributed by atoms with Crippen LogP contribution in [0.15, 0.2) is 12.4 Å². The molecule has 0 bridgehead atoms. The molecule has 0 saturated carbocycles. The van der Waals surface area contributed by atoms with Crippen molar-refractivity contribution in [1.29, 1.82) is 0 Å². The molecule has 3 heteroatoms. The normalized spacial score (nSPS) is 11.4. The van der Waals surface area contributed by atoms with Crippen LogP contribution in [0.4, 0.5) is 5.69 Å². The average Bonchev–Trinajstić information content (AvgIpc) is 2.18. The van der Waals surface area contributed by atoms with E-state index in [2.05, 4.69) is 36.1 Å². The van der Waals surface area contributed by atoms with Crippen molar-refractivity contribution < 1.29 is 0 Å². The standard InChI is InChI=1S/C10H17N3/c1-5-10(2,3)9-12-6-8(11-4)7-13-9/h6-7,11H,5H2,1-4H3. The van der Waals surface area contributed by atoms with E-state index in [1.165, 1.54) is 0 Å². The van der Waals surface area contributed by atoms with E-state index < -0.39 is 0 Å². The minimum Gasteiger partial charge on any atom is -0.386 e. The van der Waals surface area contributed by atoms with E-state index in [0.717, 1.165) is 17.9 Å². The Labute approximate surface area is 79.6 Å². The van der Waals surface area contributed by atoms with Gasteiger partial charge in [0.2, 0.25) is 0 Å². The second-order valence-electron chi connectivity index (χ2n) is 3.78. The van der Waals surface area contributed by atoms with Gasteiger partial charge in [-0.1, -0.05) is 20.8 Å². The molecule has 0 aliphatic rings. The van der Waals surface area contributed by atoms with E-state index in [1.807, 2.05) is 19.4 Å². The van der Waals surface area contributed by atoms with E-state index in [4.69, 9.17) is 0 Å². The van der Waals surface area contributed by atoms with Crippen LogP contribution in [0.5, 0.6) is 0 Å². The van der Waals surface area contributed by atoms with Gasteiger partial charge in [-0.15, -0.1) is 0 Å². The minimum atomic E-state index is 0.0757. The minimum absolute atomic E-state index is 0.0757. The maximum atomic E-state index is 4.32. The van der Waals surface area contributed by atoms with Gasteiger partial charge in [0, 0.05) is 12.5 Å². The molecular weight excluding hydrogens is 162 g/mol. The Hall–Kier alpha value is -1.12. The van der Waals surface area contributed by atoms with Crippen molar-refractivity contribution in [3.63, 3.8) is 0 Å². The van der Waals surface area contributed by atoms with E-state index in [1.54, 1.807) is 0 Å². The Balaban J connectivity index is 2.92. The Morgan fingerprint density at radius 3 is 2.23 bits per heavy atom. The summed E-state index contributed by atoms with van der Waals surface area (Å²) < 4.78 is 0. The quantitative estimate of drug-likeness (QED) is 0.773. The van der Waals surface area contributed by atoms with Crippen LogP contribution in [0, 0.1) is 0 Å². The third kappa shape index (κ3) is 2.17. The fourth-order valence-electron chi connectivity index (χ4n) is 0.965. The summed E-state index contributed by atoms with van der Waals surface area (Å²) in [7, 11) is 1.86. The van der Waals surface area contributed by atoms with Gasteiger partial charge in [-0.25, -0.2) is 9.97 Å². The maximum Gasteiger partial charge on any atom is 0.133 e. The van der Waals surface area contributed by atoms with E-state index >= 15 is 0 Å². The highest BCUT2D eigenvalue weighted by Crippen LogP contribution is 2.22. The molecule has 1 N–H and O–H groups in total. The average molecular weight is 179 g/mol. The van der Waals surface area contributed by atoms with Gasteiger partial charge in [0.25, 0.3) is 0 Å². The lowest BCUT2D eigenvalue weighted by molar-refractivity contribution is 0.472. The van der Waals surface area contributed by atoms with Gasteiger partial charge in [0.1, 0.15) is 5.82 Å². The zero-order valence-electron chi connectivity index (χ0n) is 8.76. The van der Waals surface area contributed by atoms with Crippen molar-refractivity contribution >= 4 is 5.69 Å². The number of nitrogens with zero attached hydrogens (tertiary/aromatic N) is 2. The van der Waals surface area contributed by atoms with Crippen LogP contribution in [-0.2, 0) is 5.41 Å². The van der Waals surface area contributed by atoms with Crippen molar-refractivity contribution in [3.05, 3.63) is 18.2 Å². The third-order valence-corrected chi connectivity index (χ3v) is 2.43. The molecule has 0 fully saturated rings. The Bertz CT molecular complexity index is 264. The number of nitrogens with one attached hydrogen (secondary N) is 1. The molecule has 0 spiro atoms. The molecule has 0 atom stereocenters. The predicted octanol–water partition coefficient (Wildman–Crippen LogP) is 2.21. The van der Waals surface area contributed by atoms with E-state index in [9.17, 15) is 0 Å². The molecule has 0 saturated heterocycles. The lowest BCUT2D eigenvalue weighted by Gasteiger charge is -2.20. The zero-order chi connectivity index (χ0) is 9.90. The lowest BCUT2D eigenvalue weighted by Crippen LogP contribution is -2.19. The van der Waals surface area contributed by atoms with Gasteiger partial charge < -0.3 is 5.32 Å². The van der Waals surface area contributed by atoms with Crippen LogP contribution < -0.4 is 5.32 Å². The largest absolute Gasteiger partial charge is 0.386 e. The van der Waals surface area contributed by atoms with Crippen molar-refractivity contribution in [1.82, 2.24) is 9.97 Å². The van der Waals surface area contributed by atoms with Gasteiger partial charge in [-0.3, -0.25) is 0 Å². The fourth-order valence-corrected chi connectivity index (χ4v) is 0.965. The monoisotopic (exact) mass is 179 g/mol. The highest BCUT2D eigenvalue weighted by molar-refractivity contribution is 5.36. The molecule has 13 heavy (non-hydrogen) atoms. The van der Waals surface area contributed by atoms with Gasteiger partial charge in [-0.2, -0.15) is 0 Å². The summed E-state index contributed by atoms with van der Waals surface area (Å²) in [5.74, 6) is 0.911. The predicted molar refractivity (Wildman–Crippen MR) is 54.9 cm³/mol. The first-order valence-corrected chi connectivity index (χ1v) is 4.60. The molecule has 1 aromatic rings. The first-order chi connectivity index (χ1) is 6.10. The van der Waals surface area contributed by atoms with Gasteiger partial charge in [-0.05, 0) is 6.42 Å². The summed E-state index contributed by atoms with van der Waals surface area (Å²) in [4.78, 5) is 8.64. The van der Waals surface area contributed by atoms with Gasteiger partial charge in [0.05, 0.1) is 18.1 Å². The van der Waals surface area contributed by atoms with Crippen LogP contribution in [0.25, 0.3) is 0 Å². The van der Waals surface area contributed by atoms with Crippen LogP contribution in [-0.4, -0.2) is 17.0 Å². The third-order valence-electron chi connectivity index (χ3n) is 2.43. The van der Waals surface area contributed by atoms with Gasteiger partial charge >= 0.3 is 0 Å². The molecule has 1 heterocycles. The highest BCUT2D eigenvalue weighted by Gasteiger charge is 2.20. The first kappa shape index (κ1) is 9.96. The van der Waals surface area contributed by atoms with Crippen molar-refractivity contribution in [2.75, 3.05) is 12.4 Å². The lowest BCUT2D eigenvalue weighted by atomic mass is 9.89. The smallest absolute Gasteiger partial charge is 0.133 e. The highest BCUT2D eigenvalue weighted by atomic mass is 14.9. The number of anilines is 1.